The molecule has 2 aromatic rings. The Bertz CT molecular complexity index is 947. The Kier molecular flexibility index (Phi) is 7.98. The number of carbonyl (C=O) groups is 2. The molecule has 0 spiro atoms. The number of hydrogen-bond acceptors (Lipinski definition) is 4. The van der Waals surface area contributed by atoms with Gasteiger partial charge in [0, 0.05) is 43.9 Å². The molecular formula is C24H32N4O3. The predicted molar refractivity (Wildman–Crippen MR) is 120 cm³/mol. The second-order valence-corrected chi connectivity index (χ2v) is 8.61. The average molecular weight is 425 g/mol. The van der Waals surface area contributed by atoms with Crippen LogP contribution >= 0.6 is 0 Å². The maximum atomic E-state index is 13.0. The van der Waals surface area contributed by atoms with Crippen molar-refractivity contribution in [3.63, 3.8) is 0 Å². The van der Waals surface area contributed by atoms with E-state index in [1.165, 1.54) is 19.3 Å². The molecule has 31 heavy (non-hydrogen) atoms. The van der Waals surface area contributed by atoms with E-state index in [0.717, 1.165) is 18.4 Å². The molecule has 7 nitrogen and oxygen atoms in total. The molecule has 166 valence electrons. The molecule has 1 aliphatic carbocycles. The quantitative estimate of drug-likeness (QED) is 0.681. The normalized spacial score (nSPS) is 14.4. The van der Waals surface area contributed by atoms with Gasteiger partial charge in [0.25, 0.3) is 11.8 Å². The fourth-order valence-corrected chi connectivity index (χ4v) is 4.03. The maximum Gasteiger partial charge on any atom is 0.256 e. The fraction of sp³-hybridized carbons (Fsp3) is 0.500. The van der Waals surface area contributed by atoms with Gasteiger partial charge in [-0.05, 0) is 50.7 Å². The van der Waals surface area contributed by atoms with Crippen LogP contribution in [0.25, 0.3) is 0 Å². The number of aromatic nitrogens is 2. The van der Waals surface area contributed by atoms with Crippen molar-refractivity contribution in [3.8, 4) is 0 Å². The zero-order valence-electron chi connectivity index (χ0n) is 18.4. The van der Waals surface area contributed by atoms with Gasteiger partial charge >= 0.3 is 0 Å². The van der Waals surface area contributed by atoms with E-state index in [2.05, 4.69) is 15.6 Å². The van der Waals surface area contributed by atoms with Crippen molar-refractivity contribution in [1.29, 1.82) is 0 Å². The van der Waals surface area contributed by atoms with Crippen LogP contribution in [-0.4, -0.2) is 34.0 Å². The molecule has 2 heterocycles. The van der Waals surface area contributed by atoms with Gasteiger partial charge in [-0.25, -0.2) is 0 Å². The van der Waals surface area contributed by atoms with Gasteiger partial charge in [0.2, 0.25) is 5.43 Å². The third-order valence-corrected chi connectivity index (χ3v) is 5.60. The summed E-state index contributed by atoms with van der Waals surface area (Å²) >= 11 is 0. The Morgan fingerprint density at radius 3 is 2.48 bits per heavy atom. The van der Waals surface area contributed by atoms with Gasteiger partial charge in [-0.1, -0.05) is 25.3 Å². The van der Waals surface area contributed by atoms with E-state index in [9.17, 15) is 14.4 Å². The maximum absolute atomic E-state index is 13.0. The van der Waals surface area contributed by atoms with Crippen molar-refractivity contribution in [1.82, 2.24) is 20.2 Å². The Labute approximate surface area is 183 Å². The van der Waals surface area contributed by atoms with E-state index in [-0.39, 0.29) is 17.2 Å². The van der Waals surface area contributed by atoms with Gasteiger partial charge in [0.1, 0.15) is 11.1 Å². The zero-order valence-corrected chi connectivity index (χ0v) is 18.4. The highest BCUT2D eigenvalue weighted by molar-refractivity contribution is 5.99. The highest BCUT2D eigenvalue weighted by Gasteiger charge is 2.21. The van der Waals surface area contributed by atoms with E-state index < -0.39 is 17.2 Å². The average Bonchev–Trinajstić information content (AvgIpc) is 2.75. The molecule has 2 N–H and O–H groups in total. The third kappa shape index (κ3) is 6.51. The summed E-state index contributed by atoms with van der Waals surface area (Å²) in [6.45, 7) is 4.77. The highest BCUT2D eigenvalue weighted by Crippen LogP contribution is 2.25. The van der Waals surface area contributed by atoms with Gasteiger partial charge in [0.05, 0.1) is 0 Å². The number of amides is 2. The van der Waals surface area contributed by atoms with Crippen molar-refractivity contribution in [2.45, 2.75) is 65.0 Å². The summed E-state index contributed by atoms with van der Waals surface area (Å²) in [5.74, 6) is -0.397. The van der Waals surface area contributed by atoms with Crippen LogP contribution in [0.1, 0.15) is 72.2 Å². The Morgan fingerprint density at radius 2 is 1.84 bits per heavy atom. The van der Waals surface area contributed by atoms with Crippen molar-refractivity contribution in [2.75, 3.05) is 6.54 Å². The van der Waals surface area contributed by atoms with E-state index in [0.29, 0.717) is 25.4 Å². The molecule has 3 rings (SSSR count). The van der Waals surface area contributed by atoms with Crippen molar-refractivity contribution >= 4 is 11.8 Å². The number of nitrogens with zero attached hydrogens (tertiary/aromatic N) is 2. The largest absolute Gasteiger partial charge is 0.352 e. The zero-order chi connectivity index (χ0) is 22.2. The summed E-state index contributed by atoms with van der Waals surface area (Å²) in [6, 6.07) is 3.68. The SMILES string of the molecule is CC(C)NC(=O)c1cn(CC2CCCCC2)cc(C(=O)NCCc2cccnc2)c1=O. The second kappa shape index (κ2) is 10.9. The van der Waals surface area contributed by atoms with Crippen molar-refractivity contribution in [3.05, 3.63) is 63.8 Å². The molecule has 0 unspecified atom stereocenters. The number of carbonyl (C=O) groups excluding carboxylic acids is 2. The summed E-state index contributed by atoms with van der Waals surface area (Å²) in [6.07, 6.45) is 13.2. The molecule has 7 heteroatoms. The molecule has 0 radical (unpaired) electrons. The van der Waals surface area contributed by atoms with Gasteiger partial charge in [-0.15, -0.1) is 0 Å². The summed E-state index contributed by atoms with van der Waals surface area (Å²) in [4.78, 5) is 42.5. The lowest BCUT2D eigenvalue weighted by Gasteiger charge is -2.23. The minimum Gasteiger partial charge on any atom is -0.352 e. The van der Waals surface area contributed by atoms with Crippen LogP contribution in [0.15, 0.2) is 41.7 Å². The standard InChI is InChI=1S/C24H32N4O3/c1-17(2)27-24(31)21-16-28(14-19-7-4-3-5-8-19)15-20(22(21)29)23(30)26-12-10-18-9-6-11-25-13-18/h6,9,11,13,15-17,19H,3-5,7-8,10,12,14H2,1-2H3,(H,26,30)(H,27,31). The van der Waals surface area contributed by atoms with Crippen molar-refractivity contribution < 1.29 is 9.59 Å². The number of hydrogen-bond donors (Lipinski definition) is 2. The Balaban J connectivity index is 1.80. The molecule has 0 aromatic carbocycles. The Hall–Kier alpha value is -2.96. The predicted octanol–water partition coefficient (Wildman–Crippen LogP) is 2.93. The molecule has 1 saturated carbocycles. The van der Waals surface area contributed by atoms with Gasteiger partial charge < -0.3 is 15.2 Å². The lowest BCUT2D eigenvalue weighted by Crippen LogP contribution is -2.38. The first kappa shape index (κ1) is 22.7. The lowest BCUT2D eigenvalue weighted by molar-refractivity contribution is 0.0941. The van der Waals surface area contributed by atoms with Crippen LogP contribution in [0, 0.1) is 5.92 Å². The first-order chi connectivity index (χ1) is 14.9. The van der Waals surface area contributed by atoms with Crippen LogP contribution in [0.2, 0.25) is 0 Å². The summed E-state index contributed by atoms with van der Waals surface area (Å²) < 4.78 is 1.85. The molecular weight excluding hydrogens is 392 g/mol. The topological polar surface area (TPSA) is 93.1 Å². The van der Waals surface area contributed by atoms with Crippen LogP contribution in [0.5, 0.6) is 0 Å². The number of nitrogens with one attached hydrogen (secondary N) is 2. The Morgan fingerprint density at radius 1 is 1.13 bits per heavy atom. The third-order valence-electron chi connectivity index (χ3n) is 5.60. The highest BCUT2D eigenvalue weighted by atomic mass is 16.2. The van der Waals surface area contributed by atoms with E-state index in [1.807, 2.05) is 30.5 Å². The van der Waals surface area contributed by atoms with E-state index >= 15 is 0 Å². The summed E-state index contributed by atoms with van der Waals surface area (Å²) in [5.41, 5.74) is 0.502. The second-order valence-electron chi connectivity index (χ2n) is 8.61. The van der Waals surface area contributed by atoms with Crippen LogP contribution in [-0.2, 0) is 13.0 Å². The van der Waals surface area contributed by atoms with Gasteiger partial charge in [0.15, 0.2) is 0 Å². The minimum atomic E-state index is -0.531. The molecule has 2 aromatic heterocycles. The molecule has 0 bridgehead atoms. The van der Waals surface area contributed by atoms with Gasteiger partial charge in [-0.2, -0.15) is 0 Å². The van der Waals surface area contributed by atoms with Crippen molar-refractivity contribution in [2.24, 2.45) is 5.92 Å². The monoisotopic (exact) mass is 424 g/mol. The molecule has 0 saturated heterocycles. The summed E-state index contributed by atoms with van der Waals surface area (Å²) in [5, 5.41) is 5.58. The number of pyridine rings is 2. The molecule has 1 aliphatic rings. The van der Waals surface area contributed by atoms with E-state index in [1.54, 1.807) is 24.8 Å². The smallest absolute Gasteiger partial charge is 0.256 e. The van der Waals surface area contributed by atoms with Gasteiger partial charge in [-0.3, -0.25) is 19.4 Å². The molecule has 0 aliphatic heterocycles. The first-order valence-electron chi connectivity index (χ1n) is 11.2. The van der Waals surface area contributed by atoms with Crippen LogP contribution in [0.4, 0.5) is 0 Å². The summed E-state index contributed by atoms with van der Waals surface area (Å²) in [7, 11) is 0. The number of rotatable bonds is 8. The molecule has 2 amide bonds. The minimum absolute atomic E-state index is 0.0124. The first-order valence-corrected chi connectivity index (χ1v) is 11.2. The van der Waals surface area contributed by atoms with Crippen LogP contribution in [0.3, 0.4) is 0 Å². The molecule has 1 fully saturated rings. The fourth-order valence-electron chi connectivity index (χ4n) is 4.03. The van der Waals surface area contributed by atoms with Crippen LogP contribution < -0.4 is 16.1 Å². The van der Waals surface area contributed by atoms with E-state index in [4.69, 9.17) is 0 Å². The lowest BCUT2D eigenvalue weighted by atomic mass is 9.89. The molecule has 0 atom stereocenters.